The Balaban J connectivity index is 1.40. The zero-order chi connectivity index (χ0) is 22.0. The molecule has 0 spiro atoms. The van der Waals surface area contributed by atoms with Gasteiger partial charge in [0.2, 0.25) is 0 Å². The lowest BCUT2D eigenvalue weighted by atomic mass is 9.94. The lowest BCUT2D eigenvalue weighted by Gasteiger charge is -2.29. The number of amides is 1. The zero-order valence-corrected chi connectivity index (χ0v) is 17.9. The molecule has 0 bridgehead atoms. The van der Waals surface area contributed by atoms with Gasteiger partial charge in [0.1, 0.15) is 29.6 Å². The minimum atomic E-state index is -0.426. The molecule has 1 aromatic heterocycles. The quantitative estimate of drug-likeness (QED) is 0.306. The van der Waals surface area contributed by atoms with E-state index in [1.165, 1.54) is 12.5 Å². The fraction of sp³-hybridized carbons (Fsp3) is 0.364. The number of hydrogen-bond acceptors (Lipinski definition) is 6. The van der Waals surface area contributed by atoms with Gasteiger partial charge in [-0.25, -0.2) is 0 Å². The van der Waals surface area contributed by atoms with Crippen molar-refractivity contribution in [2.24, 2.45) is 0 Å². The largest absolute Gasteiger partial charge is 0.486 e. The Hall–Kier alpha value is -3.20. The molecule has 0 unspecified atom stereocenters. The Kier molecular flexibility index (Phi) is 6.03. The number of nitro benzene ring substituents is 1. The molecule has 0 radical (unpaired) electrons. The number of rotatable bonds is 6. The summed E-state index contributed by atoms with van der Waals surface area (Å²) in [4.78, 5) is 25.0. The minimum absolute atomic E-state index is 0.0492. The van der Waals surface area contributed by atoms with Crippen molar-refractivity contribution in [3.8, 4) is 5.75 Å². The minimum Gasteiger partial charge on any atom is -0.486 e. The van der Waals surface area contributed by atoms with Crippen molar-refractivity contribution >= 4 is 35.0 Å². The van der Waals surface area contributed by atoms with E-state index in [1.54, 1.807) is 42.2 Å². The van der Waals surface area contributed by atoms with Crippen LogP contribution in [0.15, 0.2) is 40.4 Å². The van der Waals surface area contributed by atoms with Crippen LogP contribution in [-0.2, 0) is 11.4 Å². The highest BCUT2D eigenvalue weighted by Gasteiger charge is 2.36. The second-order valence-electron chi connectivity index (χ2n) is 7.75. The van der Waals surface area contributed by atoms with Crippen LogP contribution in [0.3, 0.4) is 0 Å². The van der Waals surface area contributed by atoms with Crippen LogP contribution in [0.2, 0.25) is 0 Å². The summed E-state index contributed by atoms with van der Waals surface area (Å²) >= 11 is 5.39. The molecule has 1 N–H and O–H groups in total. The van der Waals surface area contributed by atoms with E-state index in [0.717, 1.165) is 25.7 Å². The van der Waals surface area contributed by atoms with E-state index >= 15 is 0 Å². The van der Waals surface area contributed by atoms with Crippen LogP contribution >= 0.6 is 12.2 Å². The molecule has 2 heterocycles. The molecule has 1 aliphatic carbocycles. The number of hydrogen-bond donors (Lipinski definition) is 1. The molecule has 9 heteroatoms. The first kappa shape index (κ1) is 21.0. The maximum Gasteiger partial charge on any atom is 0.276 e. The number of benzene rings is 1. The van der Waals surface area contributed by atoms with Gasteiger partial charge in [-0.15, -0.1) is 0 Å². The maximum absolute atomic E-state index is 12.8. The number of aryl methyl sites for hydroxylation is 1. The molecule has 2 fully saturated rings. The Morgan fingerprint density at radius 2 is 2.06 bits per heavy atom. The highest BCUT2D eigenvalue weighted by Crippen LogP contribution is 2.27. The number of carbonyl (C=O) groups excluding carboxylic acids is 1. The number of carbonyl (C=O) groups is 1. The molecule has 1 amide bonds. The Morgan fingerprint density at radius 1 is 1.29 bits per heavy atom. The first-order valence-electron chi connectivity index (χ1n) is 10.2. The molecule has 4 rings (SSSR count). The summed E-state index contributed by atoms with van der Waals surface area (Å²) in [6.07, 6.45) is 7.04. The van der Waals surface area contributed by atoms with Gasteiger partial charge in [0.05, 0.1) is 4.92 Å². The van der Waals surface area contributed by atoms with E-state index in [-0.39, 0.29) is 24.2 Å². The normalized spacial score (nSPS) is 18.5. The fourth-order valence-electron chi connectivity index (χ4n) is 3.99. The van der Waals surface area contributed by atoms with E-state index < -0.39 is 4.92 Å². The molecule has 1 saturated carbocycles. The first-order valence-corrected chi connectivity index (χ1v) is 10.7. The Bertz CT molecular complexity index is 1060. The van der Waals surface area contributed by atoms with Gasteiger partial charge in [0.25, 0.3) is 11.6 Å². The van der Waals surface area contributed by atoms with Crippen molar-refractivity contribution in [2.75, 3.05) is 0 Å². The molecule has 8 nitrogen and oxygen atoms in total. The maximum atomic E-state index is 12.8. The molecule has 31 heavy (non-hydrogen) atoms. The Labute approximate surface area is 185 Å². The number of ether oxygens (including phenoxy) is 1. The summed E-state index contributed by atoms with van der Waals surface area (Å²) in [5, 5.41) is 14.4. The SMILES string of the molecule is Cc1cc(OCc2ccc(C=C3NC(=S)N(C4CCCCC4)C3=O)o2)ccc1[N+](=O)[O-]. The molecule has 1 saturated heterocycles. The molecular weight excluding hydrogens is 418 g/mol. The highest BCUT2D eigenvalue weighted by atomic mass is 32.1. The second-order valence-corrected chi connectivity index (χ2v) is 8.14. The topological polar surface area (TPSA) is 97.8 Å². The number of thiocarbonyl (C=S) groups is 1. The summed E-state index contributed by atoms with van der Waals surface area (Å²) in [6, 6.07) is 8.28. The van der Waals surface area contributed by atoms with Crippen molar-refractivity contribution in [1.82, 2.24) is 10.2 Å². The van der Waals surface area contributed by atoms with Gasteiger partial charge in [0.15, 0.2) is 5.11 Å². The van der Waals surface area contributed by atoms with Crippen molar-refractivity contribution in [1.29, 1.82) is 0 Å². The van der Waals surface area contributed by atoms with Crippen molar-refractivity contribution < 1.29 is 18.9 Å². The number of nitrogens with one attached hydrogen (secondary N) is 1. The van der Waals surface area contributed by atoms with Gasteiger partial charge in [-0.1, -0.05) is 19.3 Å². The molecule has 2 aromatic rings. The van der Waals surface area contributed by atoms with Crippen LogP contribution in [0.5, 0.6) is 5.75 Å². The Morgan fingerprint density at radius 3 is 2.77 bits per heavy atom. The standard InChI is InChI=1S/C22H23N3O5S/c1-14-11-16(9-10-20(14)25(27)28)29-13-18-8-7-17(30-18)12-19-21(26)24(22(31)23-19)15-5-3-2-4-6-15/h7-12,15H,2-6,13H2,1H3,(H,23,31). The third-order valence-corrected chi connectivity index (χ3v) is 5.86. The lowest BCUT2D eigenvalue weighted by Crippen LogP contribution is -2.41. The molecule has 1 aromatic carbocycles. The number of furan rings is 1. The molecule has 162 valence electrons. The van der Waals surface area contributed by atoms with Crippen LogP contribution in [0.1, 0.15) is 49.2 Å². The van der Waals surface area contributed by atoms with Gasteiger partial charge >= 0.3 is 0 Å². The summed E-state index contributed by atoms with van der Waals surface area (Å²) < 4.78 is 11.4. The van der Waals surface area contributed by atoms with Crippen LogP contribution in [0, 0.1) is 17.0 Å². The summed E-state index contributed by atoms with van der Waals surface area (Å²) in [5.74, 6) is 1.48. The van der Waals surface area contributed by atoms with Crippen LogP contribution in [0.4, 0.5) is 5.69 Å². The number of nitrogens with zero attached hydrogens (tertiary/aromatic N) is 2. The predicted molar refractivity (Wildman–Crippen MR) is 118 cm³/mol. The van der Waals surface area contributed by atoms with E-state index in [0.29, 0.717) is 33.6 Å². The van der Waals surface area contributed by atoms with Crippen LogP contribution in [-0.4, -0.2) is 26.9 Å². The average Bonchev–Trinajstić information content (AvgIpc) is 3.30. The molecular formula is C22H23N3O5S. The summed E-state index contributed by atoms with van der Waals surface area (Å²) in [7, 11) is 0. The third kappa shape index (κ3) is 4.61. The van der Waals surface area contributed by atoms with E-state index in [1.807, 2.05) is 0 Å². The summed E-state index contributed by atoms with van der Waals surface area (Å²) in [6.45, 7) is 1.82. The van der Waals surface area contributed by atoms with E-state index in [4.69, 9.17) is 21.4 Å². The average molecular weight is 442 g/mol. The predicted octanol–water partition coefficient (Wildman–Crippen LogP) is 4.47. The van der Waals surface area contributed by atoms with Crippen LogP contribution < -0.4 is 10.1 Å². The second kappa shape index (κ2) is 8.89. The van der Waals surface area contributed by atoms with Crippen molar-refractivity contribution in [2.45, 2.75) is 51.7 Å². The zero-order valence-electron chi connectivity index (χ0n) is 17.1. The van der Waals surface area contributed by atoms with Gasteiger partial charge < -0.3 is 14.5 Å². The highest BCUT2D eigenvalue weighted by molar-refractivity contribution is 7.80. The van der Waals surface area contributed by atoms with Crippen molar-refractivity contribution in [3.05, 3.63) is 63.2 Å². The third-order valence-electron chi connectivity index (χ3n) is 5.56. The van der Waals surface area contributed by atoms with Crippen LogP contribution in [0.25, 0.3) is 6.08 Å². The number of nitro groups is 1. The van der Waals surface area contributed by atoms with Crippen molar-refractivity contribution in [3.63, 3.8) is 0 Å². The first-order chi connectivity index (χ1) is 14.9. The smallest absolute Gasteiger partial charge is 0.276 e. The molecule has 1 aliphatic heterocycles. The molecule has 2 aliphatic rings. The molecule has 0 atom stereocenters. The van der Waals surface area contributed by atoms with E-state index in [2.05, 4.69) is 5.32 Å². The van der Waals surface area contributed by atoms with Gasteiger partial charge in [-0.3, -0.25) is 19.8 Å². The van der Waals surface area contributed by atoms with Gasteiger partial charge in [-0.2, -0.15) is 0 Å². The monoisotopic (exact) mass is 441 g/mol. The van der Waals surface area contributed by atoms with Gasteiger partial charge in [-0.05, 0) is 56.2 Å². The fourth-order valence-corrected chi connectivity index (χ4v) is 4.33. The van der Waals surface area contributed by atoms with E-state index in [9.17, 15) is 14.9 Å². The lowest BCUT2D eigenvalue weighted by molar-refractivity contribution is -0.385. The summed E-state index contributed by atoms with van der Waals surface area (Å²) in [5.41, 5.74) is 0.980. The van der Waals surface area contributed by atoms with Gasteiger partial charge in [0, 0.05) is 23.7 Å².